The van der Waals surface area contributed by atoms with Crippen LogP contribution < -0.4 is 10.6 Å². The van der Waals surface area contributed by atoms with Gasteiger partial charge in [-0.25, -0.2) is 9.97 Å². The topological polar surface area (TPSA) is 68.3 Å². The molecular weight excluding hydrogens is 256 g/mol. The second-order valence-electron chi connectivity index (χ2n) is 5.44. The van der Waals surface area contributed by atoms with Crippen LogP contribution in [0.2, 0.25) is 0 Å². The lowest BCUT2D eigenvalue weighted by Crippen LogP contribution is -2.39. The Bertz CT molecular complexity index is 445. The van der Waals surface area contributed by atoms with E-state index in [2.05, 4.69) is 34.4 Å². The molecule has 1 aromatic heterocycles. The number of hydrogen-bond acceptors (Lipinski definition) is 6. The number of rotatable bonds is 6. The molecule has 6 heteroatoms. The lowest BCUT2D eigenvalue weighted by atomic mass is 10.0. The first-order chi connectivity index (χ1) is 9.58. The lowest BCUT2D eigenvalue weighted by molar-refractivity contribution is -0.00625. The van der Waals surface area contributed by atoms with Gasteiger partial charge in [-0.3, -0.25) is 0 Å². The second-order valence-corrected chi connectivity index (χ2v) is 5.44. The Morgan fingerprint density at radius 3 is 2.70 bits per heavy atom. The van der Waals surface area contributed by atoms with Crippen LogP contribution in [0.1, 0.15) is 32.0 Å². The third-order valence-corrected chi connectivity index (χ3v) is 3.61. The van der Waals surface area contributed by atoms with Crippen LogP contribution in [0.3, 0.4) is 0 Å². The highest BCUT2D eigenvalue weighted by Crippen LogP contribution is 2.24. The molecule has 2 N–H and O–H groups in total. The average molecular weight is 280 g/mol. The van der Waals surface area contributed by atoms with Crippen LogP contribution in [0.15, 0.2) is 6.07 Å². The van der Waals surface area contributed by atoms with E-state index in [4.69, 9.17) is 9.47 Å². The van der Waals surface area contributed by atoms with Crippen LogP contribution in [0.25, 0.3) is 0 Å². The van der Waals surface area contributed by atoms with Gasteiger partial charge in [0.25, 0.3) is 0 Å². The minimum Gasteiger partial charge on any atom is -0.378 e. The number of ether oxygens (including phenoxy) is 2. The maximum atomic E-state index is 5.61. The molecule has 1 unspecified atom stereocenters. The van der Waals surface area contributed by atoms with Crippen LogP contribution in [-0.4, -0.2) is 49.5 Å². The van der Waals surface area contributed by atoms with E-state index in [1.165, 1.54) is 0 Å². The Kier molecular flexibility index (Phi) is 4.77. The number of hydrogen-bond donors (Lipinski definition) is 2. The molecule has 0 aliphatic carbocycles. The summed E-state index contributed by atoms with van der Waals surface area (Å²) in [6.45, 7) is 6.22. The molecule has 1 atom stereocenters. The minimum absolute atomic E-state index is 0.247. The summed E-state index contributed by atoms with van der Waals surface area (Å²) in [5.41, 5.74) is -0.247. The Hall–Kier alpha value is -1.40. The van der Waals surface area contributed by atoms with Gasteiger partial charge in [-0.15, -0.1) is 0 Å². The molecule has 0 radical (unpaired) electrons. The standard InChI is InChI=1S/C14H24N4O2/c1-10(2)13-17-11(15-3)7-12(18-13)16-8-14(19-4)5-6-20-9-14/h7,10H,5-6,8-9H2,1-4H3,(H2,15,16,17,18). The molecule has 2 rings (SSSR count). The molecule has 1 saturated heterocycles. The first kappa shape index (κ1) is 15.0. The average Bonchev–Trinajstić information content (AvgIpc) is 2.94. The Morgan fingerprint density at radius 2 is 2.15 bits per heavy atom. The molecule has 20 heavy (non-hydrogen) atoms. The van der Waals surface area contributed by atoms with Crippen molar-refractivity contribution in [1.82, 2.24) is 9.97 Å². The van der Waals surface area contributed by atoms with E-state index < -0.39 is 0 Å². The van der Waals surface area contributed by atoms with Crippen LogP contribution >= 0.6 is 0 Å². The van der Waals surface area contributed by atoms with Crippen LogP contribution in [0.4, 0.5) is 11.6 Å². The van der Waals surface area contributed by atoms with Crippen molar-refractivity contribution in [3.8, 4) is 0 Å². The van der Waals surface area contributed by atoms with Crippen LogP contribution in [0, 0.1) is 0 Å². The van der Waals surface area contributed by atoms with Crippen molar-refractivity contribution in [3.05, 3.63) is 11.9 Å². The normalized spacial score (nSPS) is 22.2. The molecule has 1 aliphatic rings. The van der Waals surface area contributed by atoms with E-state index in [1.807, 2.05) is 13.1 Å². The molecule has 0 spiro atoms. The molecule has 0 bridgehead atoms. The molecule has 2 heterocycles. The smallest absolute Gasteiger partial charge is 0.135 e. The fraction of sp³-hybridized carbons (Fsp3) is 0.714. The zero-order valence-electron chi connectivity index (χ0n) is 12.7. The first-order valence-corrected chi connectivity index (χ1v) is 7.02. The molecule has 1 aromatic rings. The predicted molar refractivity (Wildman–Crippen MR) is 79.3 cm³/mol. The number of anilines is 2. The molecule has 0 aromatic carbocycles. The van der Waals surface area contributed by atoms with Crippen molar-refractivity contribution < 1.29 is 9.47 Å². The summed E-state index contributed by atoms with van der Waals surface area (Å²) in [5.74, 6) is 2.75. The summed E-state index contributed by atoms with van der Waals surface area (Å²) in [7, 11) is 3.59. The van der Waals surface area contributed by atoms with Crippen molar-refractivity contribution in [2.75, 3.05) is 44.5 Å². The third-order valence-electron chi connectivity index (χ3n) is 3.61. The maximum Gasteiger partial charge on any atom is 0.135 e. The largest absolute Gasteiger partial charge is 0.378 e. The lowest BCUT2D eigenvalue weighted by Gasteiger charge is -2.26. The van der Waals surface area contributed by atoms with Gasteiger partial charge in [-0.05, 0) is 0 Å². The maximum absolute atomic E-state index is 5.61. The van der Waals surface area contributed by atoms with E-state index in [-0.39, 0.29) is 11.5 Å². The van der Waals surface area contributed by atoms with Crippen LogP contribution in [-0.2, 0) is 9.47 Å². The summed E-state index contributed by atoms with van der Waals surface area (Å²) in [4.78, 5) is 9.00. The van der Waals surface area contributed by atoms with Gasteiger partial charge in [0.2, 0.25) is 0 Å². The second kappa shape index (κ2) is 6.37. The fourth-order valence-corrected chi connectivity index (χ4v) is 2.16. The van der Waals surface area contributed by atoms with Gasteiger partial charge >= 0.3 is 0 Å². The van der Waals surface area contributed by atoms with Gasteiger partial charge in [-0.1, -0.05) is 13.8 Å². The molecule has 6 nitrogen and oxygen atoms in total. The highest BCUT2D eigenvalue weighted by atomic mass is 16.5. The number of aromatic nitrogens is 2. The van der Waals surface area contributed by atoms with Crippen LogP contribution in [0.5, 0.6) is 0 Å². The Morgan fingerprint density at radius 1 is 1.40 bits per heavy atom. The molecule has 0 saturated carbocycles. The number of nitrogens with zero attached hydrogens (tertiary/aromatic N) is 2. The summed E-state index contributed by atoms with van der Waals surface area (Å²) < 4.78 is 11.0. The summed E-state index contributed by atoms with van der Waals surface area (Å²) in [5, 5.41) is 6.42. The van der Waals surface area contributed by atoms with E-state index in [0.29, 0.717) is 13.2 Å². The van der Waals surface area contributed by atoms with E-state index >= 15 is 0 Å². The zero-order valence-corrected chi connectivity index (χ0v) is 12.7. The number of methoxy groups -OCH3 is 1. The van der Waals surface area contributed by atoms with Gasteiger partial charge in [0, 0.05) is 45.7 Å². The van der Waals surface area contributed by atoms with Crippen molar-refractivity contribution in [3.63, 3.8) is 0 Å². The monoisotopic (exact) mass is 280 g/mol. The van der Waals surface area contributed by atoms with Gasteiger partial charge in [0.1, 0.15) is 23.1 Å². The molecule has 112 valence electrons. The summed E-state index contributed by atoms with van der Waals surface area (Å²) >= 11 is 0. The van der Waals surface area contributed by atoms with Crippen molar-refractivity contribution in [2.24, 2.45) is 0 Å². The minimum atomic E-state index is -0.247. The third kappa shape index (κ3) is 3.37. The van der Waals surface area contributed by atoms with Crippen molar-refractivity contribution in [1.29, 1.82) is 0 Å². The molecule has 1 fully saturated rings. The molecular formula is C14H24N4O2. The quantitative estimate of drug-likeness (QED) is 0.829. The van der Waals surface area contributed by atoms with Gasteiger partial charge in [-0.2, -0.15) is 0 Å². The van der Waals surface area contributed by atoms with Crippen molar-refractivity contribution >= 4 is 11.6 Å². The van der Waals surface area contributed by atoms with Crippen molar-refractivity contribution in [2.45, 2.75) is 31.8 Å². The van der Waals surface area contributed by atoms with E-state index in [9.17, 15) is 0 Å². The number of nitrogens with one attached hydrogen (secondary N) is 2. The Labute approximate surface area is 120 Å². The van der Waals surface area contributed by atoms with Gasteiger partial charge < -0.3 is 20.1 Å². The molecule has 0 amide bonds. The Balaban J connectivity index is 2.10. The summed E-state index contributed by atoms with van der Waals surface area (Å²) in [6, 6.07) is 1.91. The SMILES string of the molecule is CNc1cc(NCC2(OC)CCOC2)nc(C(C)C)n1. The van der Waals surface area contributed by atoms with E-state index in [0.717, 1.165) is 30.5 Å². The first-order valence-electron chi connectivity index (χ1n) is 7.02. The fourth-order valence-electron chi connectivity index (χ4n) is 2.16. The zero-order chi connectivity index (χ0) is 14.6. The summed E-state index contributed by atoms with van der Waals surface area (Å²) in [6.07, 6.45) is 0.900. The molecule has 1 aliphatic heterocycles. The highest BCUT2D eigenvalue weighted by molar-refractivity contribution is 5.47. The predicted octanol–water partition coefficient (Wildman–Crippen LogP) is 1.86. The van der Waals surface area contributed by atoms with Gasteiger partial charge in [0.05, 0.1) is 6.61 Å². The van der Waals surface area contributed by atoms with E-state index in [1.54, 1.807) is 7.11 Å². The van der Waals surface area contributed by atoms with Gasteiger partial charge in [0.15, 0.2) is 0 Å². The highest BCUT2D eigenvalue weighted by Gasteiger charge is 2.34.